The van der Waals surface area contributed by atoms with Crippen molar-refractivity contribution in [3.63, 3.8) is 0 Å². The molecule has 3 aromatic carbocycles. The summed E-state index contributed by atoms with van der Waals surface area (Å²) in [6.45, 7) is 8.12. The van der Waals surface area contributed by atoms with E-state index in [1.54, 1.807) is 12.1 Å². The van der Waals surface area contributed by atoms with Gasteiger partial charge in [-0.15, -0.1) is 0 Å². The first-order valence-corrected chi connectivity index (χ1v) is 16.1. The number of rotatable bonds is 21. The fourth-order valence-corrected chi connectivity index (χ4v) is 4.84. The fraction of sp³-hybridized carbons (Fsp3) is 0.541. The van der Waals surface area contributed by atoms with Crippen LogP contribution < -0.4 is 9.47 Å². The van der Waals surface area contributed by atoms with Crippen molar-refractivity contribution in [2.45, 2.75) is 111 Å². The molecule has 0 aliphatic carbocycles. The van der Waals surface area contributed by atoms with E-state index in [0.29, 0.717) is 24.7 Å². The normalized spacial score (nSPS) is 11.9. The van der Waals surface area contributed by atoms with Crippen LogP contribution in [0, 0.1) is 5.92 Å². The molecule has 4 heteroatoms. The van der Waals surface area contributed by atoms with Gasteiger partial charge in [0.1, 0.15) is 18.1 Å². The van der Waals surface area contributed by atoms with Gasteiger partial charge >= 0.3 is 5.97 Å². The highest BCUT2D eigenvalue weighted by atomic mass is 16.5. The van der Waals surface area contributed by atoms with Crippen molar-refractivity contribution in [2.75, 3.05) is 13.2 Å². The zero-order valence-corrected chi connectivity index (χ0v) is 25.8. The van der Waals surface area contributed by atoms with E-state index < -0.39 is 0 Å². The number of hydrogen-bond donors (Lipinski definition) is 0. The maximum atomic E-state index is 12.2. The van der Waals surface area contributed by atoms with E-state index in [2.05, 4.69) is 45.0 Å². The summed E-state index contributed by atoms with van der Waals surface area (Å²) in [5.74, 6) is 1.85. The van der Waals surface area contributed by atoms with Gasteiger partial charge in [-0.3, -0.25) is 0 Å². The second kappa shape index (κ2) is 19.2. The predicted molar refractivity (Wildman–Crippen MR) is 171 cm³/mol. The van der Waals surface area contributed by atoms with Crippen molar-refractivity contribution >= 4 is 16.7 Å². The molecule has 0 saturated heterocycles. The second-order valence-corrected chi connectivity index (χ2v) is 11.5. The minimum atomic E-state index is -0.273. The monoisotopic (exact) mass is 560 g/mol. The third-order valence-electron chi connectivity index (χ3n) is 7.84. The topological polar surface area (TPSA) is 44.8 Å². The number of ether oxygens (including phenoxy) is 3. The average Bonchev–Trinajstić information content (AvgIpc) is 3.01. The molecule has 224 valence electrons. The molecule has 0 fully saturated rings. The van der Waals surface area contributed by atoms with E-state index in [4.69, 9.17) is 14.2 Å². The molecule has 0 saturated carbocycles. The molecule has 4 nitrogen and oxygen atoms in total. The van der Waals surface area contributed by atoms with E-state index in [1.165, 1.54) is 70.6 Å². The van der Waals surface area contributed by atoms with Crippen molar-refractivity contribution in [2.24, 2.45) is 5.92 Å². The molecule has 3 aromatic rings. The molecule has 0 aliphatic rings. The summed E-state index contributed by atoms with van der Waals surface area (Å²) in [6.07, 6.45) is 17.2. The van der Waals surface area contributed by atoms with E-state index in [0.717, 1.165) is 47.3 Å². The minimum absolute atomic E-state index is 0.273. The summed E-state index contributed by atoms with van der Waals surface area (Å²) in [6, 6.07) is 19.8. The van der Waals surface area contributed by atoms with Gasteiger partial charge in [0.15, 0.2) is 0 Å². The van der Waals surface area contributed by atoms with Crippen LogP contribution in [0.3, 0.4) is 0 Å². The van der Waals surface area contributed by atoms with Crippen LogP contribution in [0.25, 0.3) is 10.8 Å². The van der Waals surface area contributed by atoms with Gasteiger partial charge in [0.25, 0.3) is 0 Å². The van der Waals surface area contributed by atoms with Crippen molar-refractivity contribution in [1.29, 1.82) is 0 Å². The van der Waals surface area contributed by atoms with Crippen LogP contribution in [0.15, 0.2) is 60.7 Å². The van der Waals surface area contributed by atoms with Crippen LogP contribution in [0.4, 0.5) is 0 Å². The van der Waals surface area contributed by atoms with Crippen LogP contribution in [-0.2, 0) is 11.3 Å². The quantitative estimate of drug-likeness (QED) is 0.0960. The minimum Gasteiger partial charge on any atom is -0.494 e. The Morgan fingerprint density at radius 2 is 1.20 bits per heavy atom. The molecule has 0 aliphatic heterocycles. The average molecular weight is 561 g/mol. The number of hydrogen-bond acceptors (Lipinski definition) is 4. The Morgan fingerprint density at radius 1 is 0.659 bits per heavy atom. The second-order valence-electron chi connectivity index (χ2n) is 11.5. The van der Waals surface area contributed by atoms with Crippen molar-refractivity contribution in [3.05, 3.63) is 71.8 Å². The Labute approximate surface area is 248 Å². The van der Waals surface area contributed by atoms with Crippen molar-refractivity contribution in [3.8, 4) is 11.5 Å². The van der Waals surface area contributed by atoms with E-state index >= 15 is 0 Å². The van der Waals surface area contributed by atoms with E-state index in [-0.39, 0.29) is 5.97 Å². The molecule has 41 heavy (non-hydrogen) atoms. The molecule has 0 heterocycles. The summed E-state index contributed by atoms with van der Waals surface area (Å²) < 4.78 is 17.4. The standard InChI is InChI=1S/C37H52O4/c1-4-6-7-8-9-10-11-12-13-14-15-16-25-39-35-23-21-34-27-36(24-22-33(34)26-35)40-29-31-17-19-32(20-18-31)37(38)41-28-30(3)5-2/h17-24,26-27,30H,4-16,25,28-29H2,1-3H3/t30-/m1/s1. The predicted octanol–water partition coefficient (Wildman–Crippen LogP) is 10.7. The fourth-order valence-electron chi connectivity index (χ4n) is 4.84. The van der Waals surface area contributed by atoms with Crippen LogP contribution in [0.2, 0.25) is 0 Å². The molecular weight excluding hydrogens is 508 g/mol. The van der Waals surface area contributed by atoms with Crippen LogP contribution in [0.1, 0.15) is 120 Å². The third kappa shape index (κ3) is 12.6. The summed E-state index contributed by atoms with van der Waals surface area (Å²) >= 11 is 0. The third-order valence-corrected chi connectivity index (χ3v) is 7.84. The van der Waals surface area contributed by atoms with Crippen LogP contribution >= 0.6 is 0 Å². The number of carbonyl (C=O) groups is 1. The zero-order chi connectivity index (χ0) is 29.1. The van der Waals surface area contributed by atoms with Gasteiger partial charge in [0.2, 0.25) is 0 Å². The van der Waals surface area contributed by atoms with Crippen LogP contribution in [-0.4, -0.2) is 19.2 Å². The Hall–Kier alpha value is -3.01. The number of esters is 1. The highest BCUT2D eigenvalue weighted by Gasteiger charge is 2.09. The Balaban J connectivity index is 1.32. The van der Waals surface area contributed by atoms with Gasteiger partial charge in [-0.05, 0) is 65.1 Å². The molecule has 0 unspecified atom stereocenters. The Bertz CT molecular complexity index is 1140. The first-order chi connectivity index (χ1) is 20.1. The van der Waals surface area contributed by atoms with Gasteiger partial charge in [-0.2, -0.15) is 0 Å². The Kier molecular flexibility index (Phi) is 15.2. The smallest absolute Gasteiger partial charge is 0.338 e. The van der Waals surface area contributed by atoms with E-state index in [1.807, 2.05) is 24.3 Å². The van der Waals surface area contributed by atoms with Gasteiger partial charge in [-0.25, -0.2) is 4.79 Å². The van der Waals surface area contributed by atoms with Gasteiger partial charge in [0.05, 0.1) is 18.8 Å². The molecule has 0 amide bonds. The largest absolute Gasteiger partial charge is 0.494 e. The van der Waals surface area contributed by atoms with Gasteiger partial charge in [0, 0.05) is 0 Å². The van der Waals surface area contributed by atoms with Crippen molar-refractivity contribution < 1.29 is 19.0 Å². The summed E-state index contributed by atoms with van der Waals surface area (Å²) in [7, 11) is 0. The lowest BCUT2D eigenvalue weighted by Gasteiger charge is -2.11. The highest BCUT2D eigenvalue weighted by Crippen LogP contribution is 2.26. The zero-order valence-electron chi connectivity index (χ0n) is 25.8. The summed E-state index contributed by atoms with van der Waals surface area (Å²) in [4.78, 5) is 12.2. The molecule has 0 spiro atoms. The van der Waals surface area contributed by atoms with Crippen LogP contribution in [0.5, 0.6) is 11.5 Å². The SMILES string of the molecule is CCCCCCCCCCCCCCOc1ccc2cc(OCc3ccc(C(=O)OC[C@H](C)CC)cc3)ccc2c1. The van der Waals surface area contributed by atoms with E-state index in [9.17, 15) is 4.79 Å². The molecule has 0 bridgehead atoms. The molecule has 3 rings (SSSR count). The summed E-state index contributed by atoms with van der Waals surface area (Å²) in [5, 5.41) is 2.27. The number of fused-ring (bicyclic) bond motifs is 1. The lowest BCUT2D eigenvalue weighted by Crippen LogP contribution is -2.11. The van der Waals surface area contributed by atoms with Gasteiger partial charge in [-0.1, -0.05) is 122 Å². The lowest BCUT2D eigenvalue weighted by atomic mass is 10.1. The maximum Gasteiger partial charge on any atom is 0.338 e. The number of benzene rings is 3. The van der Waals surface area contributed by atoms with Gasteiger partial charge < -0.3 is 14.2 Å². The lowest BCUT2D eigenvalue weighted by molar-refractivity contribution is 0.0447. The van der Waals surface area contributed by atoms with Crippen molar-refractivity contribution in [1.82, 2.24) is 0 Å². The first-order valence-electron chi connectivity index (χ1n) is 16.1. The molecular formula is C37H52O4. The summed E-state index contributed by atoms with van der Waals surface area (Å²) in [5.41, 5.74) is 1.57. The highest BCUT2D eigenvalue weighted by molar-refractivity contribution is 5.89. The molecule has 0 radical (unpaired) electrons. The number of unbranched alkanes of at least 4 members (excludes halogenated alkanes) is 11. The molecule has 0 aromatic heterocycles. The Morgan fingerprint density at radius 3 is 1.76 bits per heavy atom. The number of carbonyl (C=O) groups excluding carboxylic acids is 1. The molecule has 1 atom stereocenters. The first kappa shape index (κ1) is 32.5. The maximum absolute atomic E-state index is 12.2. The molecule has 0 N–H and O–H groups in total.